The maximum Gasteiger partial charge on any atom is 0.231 e. The lowest BCUT2D eigenvalue weighted by atomic mass is 10.1. The van der Waals surface area contributed by atoms with Crippen molar-refractivity contribution >= 4 is 53.4 Å². The predicted molar refractivity (Wildman–Crippen MR) is 105 cm³/mol. The van der Waals surface area contributed by atoms with E-state index in [0.29, 0.717) is 11.6 Å². The van der Waals surface area contributed by atoms with Crippen LogP contribution < -0.4 is 4.74 Å². The summed E-state index contributed by atoms with van der Waals surface area (Å²) in [5, 5.41) is 3.03. The SMILES string of the molecule is Brc1ccc(Oc2ncnc3scc(-c4ccccc4)c23)c(Br)c1. The Morgan fingerprint density at radius 2 is 1.79 bits per heavy atom. The molecule has 0 N–H and O–H groups in total. The van der Waals surface area contributed by atoms with E-state index >= 15 is 0 Å². The van der Waals surface area contributed by atoms with Gasteiger partial charge < -0.3 is 4.74 Å². The zero-order valence-electron chi connectivity index (χ0n) is 12.2. The smallest absolute Gasteiger partial charge is 0.231 e. The molecule has 0 aliphatic rings. The molecule has 0 amide bonds. The summed E-state index contributed by atoms with van der Waals surface area (Å²) in [7, 11) is 0. The average molecular weight is 462 g/mol. The van der Waals surface area contributed by atoms with Crippen molar-refractivity contribution in [2.75, 3.05) is 0 Å². The van der Waals surface area contributed by atoms with E-state index in [1.165, 1.54) is 6.33 Å². The van der Waals surface area contributed by atoms with Crippen molar-refractivity contribution in [3.63, 3.8) is 0 Å². The molecular weight excluding hydrogens is 452 g/mol. The molecular formula is C18H10Br2N2OS. The van der Waals surface area contributed by atoms with E-state index in [9.17, 15) is 0 Å². The third kappa shape index (κ3) is 2.97. The van der Waals surface area contributed by atoms with Crippen LogP contribution in [0.1, 0.15) is 0 Å². The summed E-state index contributed by atoms with van der Waals surface area (Å²) in [6, 6.07) is 16.0. The lowest BCUT2D eigenvalue weighted by molar-refractivity contribution is 0.465. The molecule has 4 aromatic rings. The van der Waals surface area contributed by atoms with Gasteiger partial charge in [-0.05, 0) is 39.7 Å². The molecule has 4 rings (SSSR count). The van der Waals surface area contributed by atoms with Gasteiger partial charge in [0.25, 0.3) is 0 Å². The number of halogens is 2. The van der Waals surface area contributed by atoms with Crippen LogP contribution in [0.5, 0.6) is 11.6 Å². The zero-order chi connectivity index (χ0) is 16.5. The second-order valence-electron chi connectivity index (χ2n) is 5.05. The Hall–Kier alpha value is -1.76. The molecule has 0 fully saturated rings. The second-order valence-corrected chi connectivity index (χ2v) is 7.68. The number of fused-ring (bicyclic) bond motifs is 1. The molecule has 0 spiro atoms. The second kappa shape index (κ2) is 6.63. The van der Waals surface area contributed by atoms with Gasteiger partial charge >= 0.3 is 0 Å². The lowest BCUT2D eigenvalue weighted by Crippen LogP contribution is -1.91. The van der Waals surface area contributed by atoms with Gasteiger partial charge in [0.15, 0.2) is 0 Å². The van der Waals surface area contributed by atoms with Crippen LogP contribution in [-0.2, 0) is 0 Å². The van der Waals surface area contributed by atoms with Gasteiger partial charge in [0.1, 0.15) is 16.9 Å². The molecule has 0 atom stereocenters. The Morgan fingerprint density at radius 1 is 0.958 bits per heavy atom. The fraction of sp³-hybridized carbons (Fsp3) is 0. The molecule has 0 aliphatic heterocycles. The Labute approximate surface area is 159 Å². The van der Waals surface area contributed by atoms with E-state index in [4.69, 9.17) is 4.74 Å². The fourth-order valence-corrected chi connectivity index (χ4v) is 4.45. The number of thiophene rings is 1. The molecule has 3 nitrogen and oxygen atoms in total. The molecule has 6 heteroatoms. The van der Waals surface area contributed by atoms with Crippen molar-refractivity contribution < 1.29 is 4.74 Å². The van der Waals surface area contributed by atoms with E-state index in [1.807, 2.05) is 36.4 Å². The van der Waals surface area contributed by atoms with Crippen LogP contribution in [0.15, 0.2) is 69.2 Å². The number of hydrogen-bond donors (Lipinski definition) is 0. The minimum absolute atomic E-state index is 0.558. The van der Waals surface area contributed by atoms with E-state index in [1.54, 1.807) is 11.3 Å². The first-order valence-corrected chi connectivity index (χ1v) is 9.59. The Kier molecular flexibility index (Phi) is 4.35. The minimum Gasteiger partial charge on any atom is -0.437 e. The molecule has 0 saturated heterocycles. The van der Waals surface area contributed by atoms with Crippen molar-refractivity contribution in [3.8, 4) is 22.8 Å². The van der Waals surface area contributed by atoms with Crippen LogP contribution in [0.25, 0.3) is 21.3 Å². The van der Waals surface area contributed by atoms with Crippen LogP contribution >= 0.6 is 43.2 Å². The highest BCUT2D eigenvalue weighted by Crippen LogP contribution is 2.40. The molecule has 0 bridgehead atoms. The Morgan fingerprint density at radius 3 is 2.58 bits per heavy atom. The number of rotatable bonds is 3. The standard InChI is InChI=1S/C18H10Br2N2OS/c19-12-6-7-15(14(20)8-12)23-17-16-13(11-4-2-1-3-5-11)9-24-18(16)22-10-21-17/h1-10H. The van der Waals surface area contributed by atoms with Gasteiger partial charge in [0, 0.05) is 15.4 Å². The van der Waals surface area contributed by atoms with Gasteiger partial charge in [-0.2, -0.15) is 0 Å². The third-order valence-corrected chi connectivity index (χ3v) is 5.52. The van der Waals surface area contributed by atoms with E-state index < -0.39 is 0 Å². The van der Waals surface area contributed by atoms with Crippen LogP contribution in [0.4, 0.5) is 0 Å². The number of aromatic nitrogens is 2. The normalized spacial score (nSPS) is 10.9. The quantitative estimate of drug-likeness (QED) is 0.341. The third-order valence-electron chi connectivity index (χ3n) is 3.52. The summed E-state index contributed by atoms with van der Waals surface area (Å²) in [5.41, 5.74) is 2.21. The largest absolute Gasteiger partial charge is 0.437 e. The number of nitrogens with zero attached hydrogens (tertiary/aromatic N) is 2. The van der Waals surface area contributed by atoms with Gasteiger partial charge in [-0.3, -0.25) is 0 Å². The first-order valence-electron chi connectivity index (χ1n) is 7.13. The van der Waals surface area contributed by atoms with Gasteiger partial charge in [0.05, 0.1) is 9.86 Å². The fourth-order valence-electron chi connectivity index (χ4n) is 2.42. The molecule has 0 radical (unpaired) electrons. The first-order chi connectivity index (χ1) is 11.7. The van der Waals surface area contributed by atoms with E-state index in [-0.39, 0.29) is 0 Å². The Balaban J connectivity index is 1.85. The summed E-state index contributed by atoms with van der Waals surface area (Å²) in [6.07, 6.45) is 1.54. The summed E-state index contributed by atoms with van der Waals surface area (Å²) in [6.45, 7) is 0. The summed E-state index contributed by atoms with van der Waals surface area (Å²) in [4.78, 5) is 9.65. The number of hydrogen-bond acceptors (Lipinski definition) is 4. The summed E-state index contributed by atoms with van der Waals surface area (Å²) in [5.74, 6) is 1.27. The molecule has 0 unspecified atom stereocenters. The molecule has 118 valence electrons. The summed E-state index contributed by atoms with van der Waals surface area (Å²) < 4.78 is 7.93. The van der Waals surface area contributed by atoms with Crippen LogP contribution in [0.2, 0.25) is 0 Å². The van der Waals surface area contributed by atoms with Gasteiger partial charge in [-0.1, -0.05) is 46.3 Å². The van der Waals surface area contributed by atoms with Crippen molar-refractivity contribution in [2.45, 2.75) is 0 Å². The Bertz CT molecular complexity index is 1020. The van der Waals surface area contributed by atoms with Crippen molar-refractivity contribution in [2.24, 2.45) is 0 Å². The van der Waals surface area contributed by atoms with Crippen molar-refractivity contribution in [1.29, 1.82) is 0 Å². The first kappa shape index (κ1) is 15.7. The van der Waals surface area contributed by atoms with Crippen molar-refractivity contribution in [1.82, 2.24) is 9.97 Å². The lowest BCUT2D eigenvalue weighted by Gasteiger charge is -2.09. The van der Waals surface area contributed by atoms with E-state index in [0.717, 1.165) is 30.3 Å². The topological polar surface area (TPSA) is 35.0 Å². The van der Waals surface area contributed by atoms with Gasteiger partial charge in [-0.15, -0.1) is 11.3 Å². The number of ether oxygens (including phenoxy) is 1. The maximum absolute atomic E-state index is 6.09. The predicted octanol–water partition coefficient (Wildman–Crippen LogP) is 6.68. The highest BCUT2D eigenvalue weighted by atomic mass is 79.9. The maximum atomic E-state index is 6.09. The van der Waals surface area contributed by atoms with E-state index in [2.05, 4.69) is 59.3 Å². The van der Waals surface area contributed by atoms with Gasteiger partial charge in [0.2, 0.25) is 5.88 Å². The zero-order valence-corrected chi connectivity index (χ0v) is 16.2. The van der Waals surface area contributed by atoms with Crippen LogP contribution in [-0.4, -0.2) is 9.97 Å². The van der Waals surface area contributed by atoms with Crippen molar-refractivity contribution in [3.05, 3.63) is 69.2 Å². The highest BCUT2D eigenvalue weighted by molar-refractivity contribution is 9.11. The minimum atomic E-state index is 0.558. The van der Waals surface area contributed by atoms with Crippen LogP contribution in [0.3, 0.4) is 0 Å². The monoisotopic (exact) mass is 460 g/mol. The average Bonchev–Trinajstić information content (AvgIpc) is 3.03. The number of benzene rings is 2. The molecule has 2 aromatic heterocycles. The highest BCUT2D eigenvalue weighted by Gasteiger charge is 2.15. The summed E-state index contributed by atoms with van der Waals surface area (Å²) >= 11 is 8.56. The van der Waals surface area contributed by atoms with Gasteiger partial charge in [-0.25, -0.2) is 9.97 Å². The molecule has 0 saturated carbocycles. The van der Waals surface area contributed by atoms with Crippen LogP contribution in [0, 0.1) is 0 Å². The molecule has 2 heterocycles. The molecule has 2 aromatic carbocycles. The molecule has 24 heavy (non-hydrogen) atoms. The molecule has 0 aliphatic carbocycles.